The Labute approximate surface area is 210 Å². The number of methoxy groups -OCH3 is 1. The molecule has 1 fully saturated rings. The molecule has 0 saturated heterocycles. The Morgan fingerprint density at radius 2 is 1.94 bits per heavy atom. The molecule has 0 aromatic heterocycles. The first-order valence-electron chi connectivity index (χ1n) is 12.5. The lowest BCUT2D eigenvalue weighted by Gasteiger charge is -2.31. The van der Waals surface area contributed by atoms with Crippen LogP contribution in [0.4, 0.5) is 5.69 Å². The molecule has 188 valence electrons. The van der Waals surface area contributed by atoms with Crippen LogP contribution in [0.15, 0.2) is 59.8 Å². The van der Waals surface area contributed by atoms with Crippen molar-refractivity contribution in [2.75, 3.05) is 12.0 Å². The van der Waals surface area contributed by atoms with Crippen LogP contribution >= 0.6 is 0 Å². The molecule has 8 heteroatoms. The molecule has 0 spiro atoms. The largest absolute Gasteiger partial charge is 0.497 e. The Balaban J connectivity index is 1.49. The van der Waals surface area contributed by atoms with E-state index < -0.39 is 0 Å². The molecule has 1 aliphatic carbocycles. The van der Waals surface area contributed by atoms with Gasteiger partial charge in [-0.25, -0.2) is 0 Å². The zero-order valence-electron chi connectivity index (χ0n) is 20.5. The number of carbonyl (C=O) groups excluding carboxylic acids is 1. The Kier molecular flexibility index (Phi) is 6.69. The summed E-state index contributed by atoms with van der Waals surface area (Å²) >= 11 is 0. The van der Waals surface area contributed by atoms with E-state index in [4.69, 9.17) is 16.2 Å². The molecule has 36 heavy (non-hydrogen) atoms. The van der Waals surface area contributed by atoms with Gasteiger partial charge in [-0.3, -0.25) is 4.79 Å². The van der Waals surface area contributed by atoms with Crippen molar-refractivity contribution in [1.29, 1.82) is 0 Å². The highest BCUT2D eigenvalue weighted by atomic mass is 16.5. The van der Waals surface area contributed by atoms with Gasteiger partial charge in [-0.05, 0) is 65.8 Å². The average Bonchev–Trinajstić information content (AvgIpc) is 3.27. The summed E-state index contributed by atoms with van der Waals surface area (Å²) in [6.07, 6.45) is 4.28. The van der Waals surface area contributed by atoms with Gasteiger partial charge < -0.3 is 31.6 Å². The Hall–Kier alpha value is -3.78. The smallest absolute Gasteiger partial charge is 0.243 e. The predicted molar refractivity (Wildman–Crippen MR) is 142 cm³/mol. The Bertz CT molecular complexity index is 1300. The van der Waals surface area contributed by atoms with Crippen LogP contribution in [-0.2, 0) is 17.8 Å². The SMILES string of the molecule is COc1ccc2c(CN3c4cc(/C(N)=N\O)ccc4CC3C(=O)NC3CCC(N)CC3)cccc2c1. The van der Waals surface area contributed by atoms with Crippen molar-refractivity contribution in [3.05, 3.63) is 71.3 Å². The van der Waals surface area contributed by atoms with Crippen molar-refractivity contribution in [1.82, 2.24) is 5.32 Å². The molecule has 0 bridgehead atoms. The number of nitrogens with zero attached hydrogens (tertiary/aromatic N) is 2. The summed E-state index contributed by atoms with van der Waals surface area (Å²) in [7, 11) is 1.66. The molecule has 1 unspecified atom stereocenters. The lowest BCUT2D eigenvalue weighted by molar-refractivity contribution is -0.123. The normalized spacial score (nSPS) is 21.9. The molecule has 0 radical (unpaired) electrons. The van der Waals surface area contributed by atoms with Gasteiger partial charge in [0.25, 0.3) is 0 Å². The summed E-state index contributed by atoms with van der Waals surface area (Å²) in [5.74, 6) is 0.874. The number of nitrogens with one attached hydrogen (secondary N) is 1. The van der Waals surface area contributed by atoms with Gasteiger partial charge in [0.15, 0.2) is 5.84 Å². The summed E-state index contributed by atoms with van der Waals surface area (Å²) in [6, 6.07) is 18.0. The number of carbonyl (C=O) groups is 1. The number of ether oxygens (including phenoxy) is 1. The van der Waals surface area contributed by atoms with Crippen molar-refractivity contribution in [3.63, 3.8) is 0 Å². The second kappa shape index (κ2) is 10.1. The van der Waals surface area contributed by atoms with Crippen molar-refractivity contribution < 1.29 is 14.7 Å². The fourth-order valence-electron chi connectivity index (χ4n) is 5.48. The standard InChI is InChI=1S/C28H33N5O3/c1-36-23-11-12-24-17(13-23)3-2-4-20(24)16-33-25-15-19(27(30)32-35)6-5-18(25)14-26(33)28(34)31-22-9-7-21(29)8-10-22/h2-6,11-13,15,21-22,26,35H,7-10,14,16,29H2,1H3,(H2,30,32)(H,31,34). The number of anilines is 1. The van der Waals surface area contributed by atoms with Crippen molar-refractivity contribution in [3.8, 4) is 5.75 Å². The Morgan fingerprint density at radius 3 is 2.69 bits per heavy atom. The van der Waals surface area contributed by atoms with Crippen LogP contribution in [0, 0.1) is 0 Å². The van der Waals surface area contributed by atoms with Gasteiger partial charge in [0, 0.05) is 36.3 Å². The van der Waals surface area contributed by atoms with Gasteiger partial charge in [-0.1, -0.05) is 41.6 Å². The molecule has 1 atom stereocenters. The first-order chi connectivity index (χ1) is 17.5. The third-order valence-electron chi connectivity index (χ3n) is 7.53. The minimum absolute atomic E-state index is 0.0268. The molecule has 5 rings (SSSR count). The maximum atomic E-state index is 13.6. The number of oxime groups is 1. The van der Waals surface area contributed by atoms with Gasteiger partial charge in [-0.2, -0.15) is 0 Å². The van der Waals surface area contributed by atoms with E-state index in [0.717, 1.165) is 59.0 Å². The molecule has 1 amide bonds. The van der Waals surface area contributed by atoms with E-state index in [2.05, 4.69) is 33.6 Å². The number of rotatable bonds is 6. The molecule has 3 aromatic carbocycles. The number of amides is 1. The third kappa shape index (κ3) is 4.68. The monoisotopic (exact) mass is 487 g/mol. The maximum absolute atomic E-state index is 13.6. The lowest BCUT2D eigenvalue weighted by atomic mass is 9.91. The highest BCUT2D eigenvalue weighted by molar-refractivity contribution is 5.99. The van der Waals surface area contributed by atoms with E-state index in [0.29, 0.717) is 18.5 Å². The zero-order chi connectivity index (χ0) is 25.2. The number of fused-ring (bicyclic) bond motifs is 2. The van der Waals surface area contributed by atoms with Crippen LogP contribution < -0.4 is 26.4 Å². The minimum atomic E-state index is -0.355. The van der Waals surface area contributed by atoms with Gasteiger partial charge in [0.2, 0.25) is 5.91 Å². The first-order valence-corrected chi connectivity index (χ1v) is 12.5. The number of benzene rings is 3. The second-order valence-corrected chi connectivity index (χ2v) is 9.80. The summed E-state index contributed by atoms with van der Waals surface area (Å²) in [5.41, 5.74) is 15.7. The molecule has 3 aromatic rings. The van der Waals surface area contributed by atoms with Crippen molar-refractivity contribution in [2.24, 2.45) is 16.6 Å². The van der Waals surface area contributed by atoms with Crippen LogP contribution in [0.5, 0.6) is 5.75 Å². The van der Waals surface area contributed by atoms with E-state index in [1.54, 1.807) is 7.11 Å². The first kappa shape index (κ1) is 23.9. The van der Waals surface area contributed by atoms with E-state index >= 15 is 0 Å². The number of hydrogen-bond donors (Lipinski definition) is 4. The summed E-state index contributed by atoms with van der Waals surface area (Å²) in [6.45, 7) is 0.546. The molecular formula is C28H33N5O3. The highest BCUT2D eigenvalue weighted by Gasteiger charge is 2.36. The summed E-state index contributed by atoms with van der Waals surface area (Å²) < 4.78 is 5.40. The number of amidine groups is 1. The van der Waals surface area contributed by atoms with Gasteiger partial charge in [0.1, 0.15) is 11.8 Å². The van der Waals surface area contributed by atoms with Crippen molar-refractivity contribution >= 4 is 28.2 Å². The van der Waals surface area contributed by atoms with Crippen LogP contribution in [0.2, 0.25) is 0 Å². The fourth-order valence-corrected chi connectivity index (χ4v) is 5.48. The molecule has 8 nitrogen and oxygen atoms in total. The molecule has 1 aliphatic heterocycles. The fraction of sp³-hybridized carbons (Fsp3) is 0.357. The second-order valence-electron chi connectivity index (χ2n) is 9.80. The lowest BCUT2D eigenvalue weighted by Crippen LogP contribution is -2.49. The molecule has 1 heterocycles. The van der Waals surface area contributed by atoms with Crippen LogP contribution in [0.3, 0.4) is 0 Å². The predicted octanol–water partition coefficient (Wildman–Crippen LogP) is 3.26. The summed E-state index contributed by atoms with van der Waals surface area (Å²) in [5, 5.41) is 17.9. The van der Waals surface area contributed by atoms with E-state index in [-0.39, 0.29) is 29.9 Å². The summed E-state index contributed by atoms with van der Waals surface area (Å²) in [4.78, 5) is 15.7. The Morgan fingerprint density at radius 1 is 1.14 bits per heavy atom. The molecule has 2 aliphatic rings. The topological polar surface area (TPSA) is 126 Å². The molecule has 1 saturated carbocycles. The number of hydrogen-bond acceptors (Lipinski definition) is 6. The van der Waals surface area contributed by atoms with E-state index in [9.17, 15) is 10.0 Å². The van der Waals surface area contributed by atoms with E-state index in [1.807, 2.05) is 36.4 Å². The van der Waals surface area contributed by atoms with E-state index in [1.165, 1.54) is 0 Å². The maximum Gasteiger partial charge on any atom is 0.243 e. The minimum Gasteiger partial charge on any atom is -0.497 e. The zero-order valence-corrected chi connectivity index (χ0v) is 20.5. The number of nitrogens with two attached hydrogens (primary N) is 2. The van der Waals surface area contributed by atoms with Crippen LogP contribution in [-0.4, -0.2) is 42.2 Å². The molecular weight excluding hydrogens is 454 g/mol. The average molecular weight is 488 g/mol. The van der Waals surface area contributed by atoms with Crippen molar-refractivity contribution in [2.45, 2.75) is 56.8 Å². The van der Waals surface area contributed by atoms with Gasteiger partial charge in [0.05, 0.1) is 7.11 Å². The molecule has 6 N–H and O–H groups in total. The quantitative estimate of drug-likeness (QED) is 0.183. The van der Waals surface area contributed by atoms with Gasteiger partial charge >= 0.3 is 0 Å². The van der Waals surface area contributed by atoms with Crippen LogP contribution in [0.1, 0.15) is 42.4 Å². The van der Waals surface area contributed by atoms with Crippen LogP contribution in [0.25, 0.3) is 10.8 Å². The van der Waals surface area contributed by atoms with Gasteiger partial charge in [-0.15, -0.1) is 0 Å². The third-order valence-corrected chi connectivity index (χ3v) is 7.53. The highest BCUT2D eigenvalue weighted by Crippen LogP contribution is 2.36.